The maximum atomic E-state index is 12.4. The first-order valence-corrected chi connectivity index (χ1v) is 8.75. The zero-order chi connectivity index (χ0) is 17.7. The standard InChI is InChI=1S/C19H29N3O2/c1-15(2)22(17(4)23)9-8-19(24)21-12-10-20(11-13-21)18-7-5-6-16(3)14-18/h5-7,14-15H,8-13H2,1-4H3. The second-order valence-electron chi connectivity index (χ2n) is 6.76. The van der Waals surface area contributed by atoms with Gasteiger partial charge >= 0.3 is 0 Å². The van der Waals surface area contributed by atoms with Crippen molar-refractivity contribution in [2.24, 2.45) is 0 Å². The van der Waals surface area contributed by atoms with Gasteiger partial charge in [0.1, 0.15) is 0 Å². The van der Waals surface area contributed by atoms with E-state index in [2.05, 4.69) is 36.1 Å². The monoisotopic (exact) mass is 331 g/mol. The van der Waals surface area contributed by atoms with E-state index >= 15 is 0 Å². The molecule has 0 atom stereocenters. The highest BCUT2D eigenvalue weighted by molar-refractivity contribution is 5.78. The molecule has 1 fully saturated rings. The Labute approximate surface area is 145 Å². The average molecular weight is 331 g/mol. The Hall–Kier alpha value is -2.04. The molecule has 5 nitrogen and oxygen atoms in total. The molecule has 24 heavy (non-hydrogen) atoms. The summed E-state index contributed by atoms with van der Waals surface area (Å²) in [5, 5.41) is 0. The fourth-order valence-electron chi connectivity index (χ4n) is 3.19. The minimum Gasteiger partial charge on any atom is -0.368 e. The molecule has 1 aliphatic rings. The zero-order valence-electron chi connectivity index (χ0n) is 15.3. The van der Waals surface area contributed by atoms with Crippen molar-refractivity contribution in [2.75, 3.05) is 37.6 Å². The number of carbonyl (C=O) groups excluding carboxylic acids is 2. The van der Waals surface area contributed by atoms with Crippen molar-refractivity contribution in [3.8, 4) is 0 Å². The largest absolute Gasteiger partial charge is 0.368 e. The number of anilines is 1. The minimum atomic E-state index is 0.0297. The van der Waals surface area contributed by atoms with Crippen molar-refractivity contribution in [3.05, 3.63) is 29.8 Å². The first-order chi connectivity index (χ1) is 11.4. The zero-order valence-corrected chi connectivity index (χ0v) is 15.3. The van der Waals surface area contributed by atoms with E-state index in [4.69, 9.17) is 0 Å². The molecule has 0 radical (unpaired) electrons. The number of amides is 2. The van der Waals surface area contributed by atoms with Gasteiger partial charge in [0, 0.05) is 57.8 Å². The molecular formula is C19H29N3O2. The van der Waals surface area contributed by atoms with Crippen molar-refractivity contribution in [2.45, 2.75) is 40.2 Å². The normalized spacial score (nSPS) is 14.9. The fraction of sp³-hybridized carbons (Fsp3) is 0.579. The maximum Gasteiger partial charge on any atom is 0.224 e. The second-order valence-corrected chi connectivity index (χ2v) is 6.76. The van der Waals surface area contributed by atoms with Gasteiger partial charge < -0.3 is 14.7 Å². The third kappa shape index (κ3) is 4.73. The molecule has 5 heteroatoms. The highest BCUT2D eigenvalue weighted by Crippen LogP contribution is 2.18. The lowest BCUT2D eigenvalue weighted by Gasteiger charge is -2.36. The van der Waals surface area contributed by atoms with Gasteiger partial charge in [-0.05, 0) is 38.5 Å². The van der Waals surface area contributed by atoms with E-state index < -0.39 is 0 Å². The first-order valence-electron chi connectivity index (χ1n) is 8.75. The first kappa shape index (κ1) is 18.3. The molecule has 1 saturated heterocycles. The van der Waals surface area contributed by atoms with Crippen LogP contribution in [-0.4, -0.2) is 60.4 Å². The molecule has 0 bridgehead atoms. The van der Waals surface area contributed by atoms with Gasteiger partial charge in [-0.1, -0.05) is 12.1 Å². The van der Waals surface area contributed by atoms with Crippen LogP contribution in [0.5, 0.6) is 0 Å². The minimum absolute atomic E-state index is 0.0297. The summed E-state index contributed by atoms with van der Waals surface area (Å²) in [6.45, 7) is 11.3. The lowest BCUT2D eigenvalue weighted by molar-refractivity contribution is -0.134. The molecule has 2 amide bonds. The highest BCUT2D eigenvalue weighted by atomic mass is 16.2. The topological polar surface area (TPSA) is 43.9 Å². The van der Waals surface area contributed by atoms with Gasteiger partial charge in [-0.2, -0.15) is 0 Å². The van der Waals surface area contributed by atoms with E-state index in [1.165, 1.54) is 11.3 Å². The molecule has 0 saturated carbocycles. The quantitative estimate of drug-likeness (QED) is 0.831. The number of piperazine rings is 1. The highest BCUT2D eigenvalue weighted by Gasteiger charge is 2.22. The van der Waals surface area contributed by atoms with Crippen LogP contribution in [0.15, 0.2) is 24.3 Å². The van der Waals surface area contributed by atoms with Crippen molar-refractivity contribution in [1.29, 1.82) is 0 Å². The predicted molar refractivity (Wildman–Crippen MR) is 97.1 cm³/mol. The summed E-state index contributed by atoms with van der Waals surface area (Å²) in [7, 11) is 0. The van der Waals surface area contributed by atoms with Crippen molar-refractivity contribution >= 4 is 17.5 Å². The summed E-state index contributed by atoms with van der Waals surface area (Å²) in [5.41, 5.74) is 2.48. The van der Waals surface area contributed by atoms with Crippen LogP contribution >= 0.6 is 0 Å². The summed E-state index contributed by atoms with van der Waals surface area (Å²) in [6, 6.07) is 8.61. The van der Waals surface area contributed by atoms with Gasteiger partial charge in [-0.25, -0.2) is 0 Å². The molecule has 1 heterocycles. The smallest absolute Gasteiger partial charge is 0.224 e. The number of hydrogen-bond donors (Lipinski definition) is 0. The lowest BCUT2D eigenvalue weighted by Crippen LogP contribution is -2.49. The van der Waals surface area contributed by atoms with Gasteiger partial charge in [0.05, 0.1) is 0 Å². The van der Waals surface area contributed by atoms with E-state index in [-0.39, 0.29) is 17.9 Å². The number of hydrogen-bond acceptors (Lipinski definition) is 3. The number of rotatable bonds is 5. The van der Waals surface area contributed by atoms with Gasteiger partial charge in [-0.3, -0.25) is 9.59 Å². The Bertz CT molecular complexity index is 578. The molecule has 2 rings (SSSR count). The van der Waals surface area contributed by atoms with E-state index in [1.807, 2.05) is 18.7 Å². The Morgan fingerprint density at radius 1 is 1.17 bits per heavy atom. The van der Waals surface area contributed by atoms with Crippen molar-refractivity contribution in [1.82, 2.24) is 9.80 Å². The van der Waals surface area contributed by atoms with E-state index in [9.17, 15) is 9.59 Å². The van der Waals surface area contributed by atoms with Gasteiger partial charge in [0.25, 0.3) is 0 Å². The van der Waals surface area contributed by atoms with Crippen LogP contribution in [0, 0.1) is 6.92 Å². The van der Waals surface area contributed by atoms with Gasteiger partial charge in [0.2, 0.25) is 11.8 Å². The van der Waals surface area contributed by atoms with Crippen LogP contribution in [0.4, 0.5) is 5.69 Å². The molecule has 1 aromatic carbocycles. The number of nitrogens with zero attached hydrogens (tertiary/aromatic N) is 3. The summed E-state index contributed by atoms with van der Waals surface area (Å²) in [6.07, 6.45) is 0.405. The van der Waals surface area contributed by atoms with E-state index in [1.54, 1.807) is 11.8 Å². The molecule has 132 valence electrons. The summed E-state index contributed by atoms with van der Waals surface area (Å²) in [4.78, 5) is 30.0. The molecular weight excluding hydrogens is 302 g/mol. The van der Waals surface area contributed by atoms with Crippen LogP contribution in [0.3, 0.4) is 0 Å². The van der Waals surface area contributed by atoms with Crippen molar-refractivity contribution in [3.63, 3.8) is 0 Å². The van der Waals surface area contributed by atoms with Crippen LogP contribution in [0.1, 0.15) is 32.8 Å². The third-order valence-corrected chi connectivity index (χ3v) is 4.59. The molecule has 1 aliphatic heterocycles. The Morgan fingerprint density at radius 3 is 2.38 bits per heavy atom. The Kier molecular flexibility index (Phi) is 6.23. The molecule has 1 aromatic rings. The molecule has 0 N–H and O–H groups in total. The molecule has 0 aromatic heterocycles. The van der Waals surface area contributed by atoms with Crippen LogP contribution in [-0.2, 0) is 9.59 Å². The SMILES string of the molecule is CC(=O)N(CCC(=O)N1CCN(c2cccc(C)c2)CC1)C(C)C. The van der Waals surface area contributed by atoms with Gasteiger partial charge in [-0.15, -0.1) is 0 Å². The lowest BCUT2D eigenvalue weighted by atomic mass is 10.2. The Morgan fingerprint density at radius 2 is 1.83 bits per heavy atom. The van der Waals surface area contributed by atoms with E-state index in [0.29, 0.717) is 13.0 Å². The number of carbonyl (C=O) groups is 2. The Balaban J connectivity index is 1.83. The maximum absolute atomic E-state index is 12.4. The molecule has 0 spiro atoms. The van der Waals surface area contributed by atoms with Crippen LogP contribution in [0.25, 0.3) is 0 Å². The molecule has 0 unspecified atom stereocenters. The van der Waals surface area contributed by atoms with E-state index in [0.717, 1.165) is 26.2 Å². The molecule has 0 aliphatic carbocycles. The average Bonchev–Trinajstić information content (AvgIpc) is 2.54. The van der Waals surface area contributed by atoms with Gasteiger partial charge in [0.15, 0.2) is 0 Å². The third-order valence-electron chi connectivity index (χ3n) is 4.59. The summed E-state index contributed by atoms with van der Waals surface area (Å²) >= 11 is 0. The number of aryl methyl sites for hydroxylation is 1. The second kappa shape index (κ2) is 8.18. The van der Waals surface area contributed by atoms with Crippen molar-refractivity contribution < 1.29 is 9.59 Å². The van der Waals surface area contributed by atoms with Crippen LogP contribution in [0.2, 0.25) is 0 Å². The number of benzene rings is 1. The summed E-state index contributed by atoms with van der Waals surface area (Å²) in [5.74, 6) is 0.174. The summed E-state index contributed by atoms with van der Waals surface area (Å²) < 4.78 is 0. The fourth-order valence-corrected chi connectivity index (χ4v) is 3.19. The predicted octanol–water partition coefficient (Wildman–Crippen LogP) is 2.29. The van der Waals surface area contributed by atoms with Crippen LogP contribution < -0.4 is 4.90 Å².